The Labute approximate surface area is 95.3 Å². The fourth-order valence-electron chi connectivity index (χ4n) is 2.29. The maximum absolute atomic E-state index is 5.93. The Hall–Kier alpha value is -0.900. The quantitative estimate of drug-likeness (QED) is 0.726. The molecule has 2 aliphatic heterocycles. The lowest BCUT2D eigenvalue weighted by Crippen LogP contribution is -2.44. The molecule has 1 aromatic rings. The molecule has 3 heteroatoms. The van der Waals surface area contributed by atoms with Gasteiger partial charge in [-0.25, -0.2) is 0 Å². The Morgan fingerprint density at radius 1 is 1.00 bits per heavy atom. The molecule has 1 aromatic carbocycles. The third kappa shape index (κ3) is 1.98. The Bertz CT molecular complexity index is 338. The predicted molar refractivity (Wildman–Crippen MR) is 59.0 cm³/mol. The van der Waals surface area contributed by atoms with Crippen LogP contribution in [0.1, 0.15) is 24.7 Å². The van der Waals surface area contributed by atoms with Crippen LogP contribution >= 0.6 is 0 Å². The third-order valence-corrected chi connectivity index (χ3v) is 3.16. The molecule has 2 saturated heterocycles. The van der Waals surface area contributed by atoms with E-state index >= 15 is 0 Å². The summed E-state index contributed by atoms with van der Waals surface area (Å²) in [6, 6.07) is 10.1. The van der Waals surface area contributed by atoms with Crippen LogP contribution in [0.25, 0.3) is 0 Å². The van der Waals surface area contributed by atoms with Crippen LogP contribution in [0.4, 0.5) is 0 Å². The smallest absolute Gasteiger partial charge is 0.184 e. The highest BCUT2D eigenvalue weighted by Crippen LogP contribution is 2.31. The Balaban J connectivity index is 1.71. The molecule has 3 nitrogen and oxygen atoms in total. The van der Waals surface area contributed by atoms with Gasteiger partial charge in [-0.1, -0.05) is 30.3 Å². The number of benzene rings is 1. The summed E-state index contributed by atoms with van der Waals surface area (Å²) in [5, 5.41) is 0. The van der Waals surface area contributed by atoms with Crippen LogP contribution in [-0.2, 0) is 14.2 Å². The van der Waals surface area contributed by atoms with Gasteiger partial charge < -0.3 is 14.2 Å². The average molecular weight is 220 g/mol. The molecule has 1 unspecified atom stereocenters. The number of rotatable bonds is 1. The van der Waals surface area contributed by atoms with Crippen LogP contribution in [0.2, 0.25) is 0 Å². The molecular formula is C13H16O3. The summed E-state index contributed by atoms with van der Waals surface area (Å²) < 4.78 is 17.2. The first-order chi connectivity index (χ1) is 7.93. The molecule has 0 saturated carbocycles. The van der Waals surface area contributed by atoms with Crippen molar-refractivity contribution in [3.05, 3.63) is 35.9 Å². The third-order valence-electron chi connectivity index (χ3n) is 3.16. The zero-order valence-electron chi connectivity index (χ0n) is 9.17. The molecule has 3 atom stereocenters. The van der Waals surface area contributed by atoms with Crippen molar-refractivity contribution in [3.8, 4) is 0 Å². The second kappa shape index (κ2) is 4.53. The van der Waals surface area contributed by atoms with Crippen molar-refractivity contribution in [2.24, 2.45) is 0 Å². The standard InChI is InChI=1S/C13H16O3/c1-2-5-10(6-3-1)13-15-9-12-11(16-13)7-4-8-14-12/h1-3,5-6,11-13H,4,7-9H2/t11?,12-,13-/m1/s1. The van der Waals surface area contributed by atoms with E-state index < -0.39 is 0 Å². The Morgan fingerprint density at radius 3 is 2.75 bits per heavy atom. The first kappa shape index (κ1) is 10.3. The van der Waals surface area contributed by atoms with Crippen molar-refractivity contribution in [1.29, 1.82) is 0 Å². The summed E-state index contributed by atoms with van der Waals surface area (Å²) in [5.41, 5.74) is 1.09. The van der Waals surface area contributed by atoms with E-state index in [1.165, 1.54) is 0 Å². The van der Waals surface area contributed by atoms with Gasteiger partial charge in [0.05, 0.1) is 12.7 Å². The highest BCUT2D eigenvalue weighted by molar-refractivity contribution is 5.16. The van der Waals surface area contributed by atoms with Gasteiger partial charge in [-0.3, -0.25) is 0 Å². The molecular weight excluding hydrogens is 204 g/mol. The normalized spacial score (nSPS) is 34.4. The van der Waals surface area contributed by atoms with E-state index in [4.69, 9.17) is 14.2 Å². The topological polar surface area (TPSA) is 27.7 Å². The predicted octanol–water partition coefficient (Wildman–Crippen LogP) is 2.28. The lowest BCUT2D eigenvalue weighted by Gasteiger charge is -2.39. The van der Waals surface area contributed by atoms with Gasteiger partial charge in [0.1, 0.15) is 6.10 Å². The lowest BCUT2D eigenvalue weighted by atomic mass is 10.0. The molecule has 2 fully saturated rings. The van der Waals surface area contributed by atoms with Crippen molar-refractivity contribution in [3.63, 3.8) is 0 Å². The van der Waals surface area contributed by atoms with Gasteiger partial charge in [-0.15, -0.1) is 0 Å². The van der Waals surface area contributed by atoms with E-state index in [2.05, 4.69) is 0 Å². The van der Waals surface area contributed by atoms with E-state index in [1.54, 1.807) is 0 Å². The zero-order chi connectivity index (χ0) is 10.8. The molecule has 0 N–H and O–H groups in total. The van der Waals surface area contributed by atoms with Crippen molar-refractivity contribution in [1.82, 2.24) is 0 Å². The highest BCUT2D eigenvalue weighted by Gasteiger charge is 2.35. The van der Waals surface area contributed by atoms with Crippen molar-refractivity contribution < 1.29 is 14.2 Å². The molecule has 0 radical (unpaired) electrons. The number of hydrogen-bond donors (Lipinski definition) is 0. The fraction of sp³-hybridized carbons (Fsp3) is 0.538. The summed E-state index contributed by atoms with van der Waals surface area (Å²) in [6.45, 7) is 1.48. The second-order valence-electron chi connectivity index (χ2n) is 4.30. The first-order valence-electron chi connectivity index (χ1n) is 5.87. The molecule has 86 valence electrons. The van der Waals surface area contributed by atoms with E-state index in [-0.39, 0.29) is 18.5 Å². The van der Waals surface area contributed by atoms with Gasteiger partial charge in [0, 0.05) is 12.2 Å². The molecule has 0 aliphatic carbocycles. The van der Waals surface area contributed by atoms with E-state index in [0.717, 1.165) is 25.0 Å². The van der Waals surface area contributed by atoms with Crippen LogP contribution in [0, 0.1) is 0 Å². The summed E-state index contributed by atoms with van der Waals surface area (Å²) in [5.74, 6) is 0. The molecule has 0 amide bonds. The molecule has 0 bridgehead atoms. The average Bonchev–Trinajstić information content (AvgIpc) is 2.39. The summed E-state index contributed by atoms with van der Waals surface area (Å²) in [6.07, 6.45) is 2.28. The van der Waals surface area contributed by atoms with E-state index in [9.17, 15) is 0 Å². The van der Waals surface area contributed by atoms with Crippen molar-refractivity contribution in [2.75, 3.05) is 13.2 Å². The van der Waals surface area contributed by atoms with E-state index in [1.807, 2.05) is 30.3 Å². The van der Waals surface area contributed by atoms with Gasteiger partial charge in [0.2, 0.25) is 0 Å². The number of hydrogen-bond acceptors (Lipinski definition) is 3. The number of fused-ring (bicyclic) bond motifs is 1. The van der Waals surface area contributed by atoms with Crippen LogP contribution in [-0.4, -0.2) is 25.4 Å². The second-order valence-corrected chi connectivity index (χ2v) is 4.30. The fourth-order valence-corrected chi connectivity index (χ4v) is 2.29. The Morgan fingerprint density at radius 2 is 1.88 bits per heavy atom. The SMILES string of the molecule is c1ccc([C@@H]2OC[C@H]3OCCCC3O2)cc1. The van der Waals surface area contributed by atoms with Crippen LogP contribution < -0.4 is 0 Å². The summed E-state index contributed by atoms with van der Waals surface area (Å²) in [4.78, 5) is 0. The van der Waals surface area contributed by atoms with Crippen molar-refractivity contribution >= 4 is 0 Å². The molecule has 2 heterocycles. The van der Waals surface area contributed by atoms with Gasteiger partial charge in [-0.2, -0.15) is 0 Å². The minimum absolute atomic E-state index is 0.133. The molecule has 0 spiro atoms. The van der Waals surface area contributed by atoms with Crippen molar-refractivity contribution in [2.45, 2.75) is 31.3 Å². The highest BCUT2D eigenvalue weighted by atomic mass is 16.7. The summed E-state index contributed by atoms with van der Waals surface area (Å²) in [7, 11) is 0. The Kier molecular flexibility index (Phi) is 2.91. The van der Waals surface area contributed by atoms with Gasteiger partial charge in [0.15, 0.2) is 6.29 Å². The maximum Gasteiger partial charge on any atom is 0.184 e. The monoisotopic (exact) mass is 220 g/mol. The molecule has 0 aromatic heterocycles. The minimum atomic E-state index is -0.218. The molecule has 2 aliphatic rings. The first-order valence-corrected chi connectivity index (χ1v) is 5.87. The van der Waals surface area contributed by atoms with Crippen LogP contribution in [0.3, 0.4) is 0 Å². The zero-order valence-corrected chi connectivity index (χ0v) is 9.17. The van der Waals surface area contributed by atoms with Gasteiger partial charge in [-0.05, 0) is 12.8 Å². The lowest BCUT2D eigenvalue weighted by molar-refractivity contribution is -0.277. The molecule has 3 rings (SSSR count). The van der Waals surface area contributed by atoms with Crippen LogP contribution in [0.5, 0.6) is 0 Å². The summed E-state index contributed by atoms with van der Waals surface area (Å²) >= 11 is 0. The maximum atomic E-state index is 5.93. The van der Waals surface area contributed by atoms with Gasteiger partial charge in [0.25, 0.3) is 0 Å². The van der Waals surface area contributed by atoms with Gasteiger partial charge >= 0.3 is 0 Å². The molecule has 16 heavy (non-hydrogen) atoms. The van der Waals surface area contributed by atoms with E-state index in [0.29, 0.717) is 6.61 Å². The minimum Gasteiger partial charge on any atom is -0.373 e. The largest absolute Gasteiger partial charge is 0.373 e. The van der Waals surface area contributed by atoms with Crippen LogP contribution in [0.15, 0.2) is 30.3 Å². The number of ether oxygens (including phenoxy) is 3.